The van der Waals surface area contributed by atoms with Crippen molar-refractivity contribution >= 4 is 39.8 Å². The van der Waals surface area contributed by atoms with Crippen molar-refractivity contribution in [3.63, 3.8) is 0 Å². The van der Waals surface area contributed by atoms with Gasteiger partial charge in [0.15, 0.2) is 5.82 Å². The molecule has 0 spiro atoms. The maximum Gasteiger partial charge on any atom is 0.249 e. The minimum absolute atomic E-state index is 0.464. The lowest BCUT2D eigenvalue weighted by Crippen LogP contribution is -2.46. The van der Waals surface area contributed by atoms with E-state index in [1.54, 1.807) is 11.1 Å². The van der Waals surface area contributed by atoms with Gasteiger partial charge in [-0.3, -0.25) is 4.79 Å². The molecule has 2 aromatic rings. The number of hydrogen-bond donors (Lipinski definition) is 1. The lowest BCUT2D eigenvalue weighted by molar-refractivity contribution is -0.118. The molecule has 1 aromatic heterocycles. The van der Waals surface area contributed by atoms with Gasteiger partial charge in [-0.25, -0.2) is 0 Å². The van der Waals surface area contributed by atoms with Crippen LogP contribution in [0.2, 0.25) is 0 Å². The van der Waals surface area contributed by atoms with E-state index in [1.165, 1.54) is 0 Å². The summed E-state index contributed by atoms with van der Waals surface area (Å²) >= 11 is 3.45. The van der Waals surface area contributed by atoms with Crippen molar-refractivity contribution in [3.8, 4) is 0 Å². The van der Waals surface area contributed by atoms with Crippen LogP contribution in [-0.4, -0.2) is 52.7 Å². The number of halogens is 1. The molecular formula is C15H17BrN6O. The number of aryl methyl sites for hydroxylation is 1. The number of carbonyl (C=O) groups is 1. The van der Waals surface area contributed by atoms with Crippen molar-refractivity contribution in [1.29, 1.82) is 0 Å². The van der Waals surface area contributed by atoms with Crippen molar-refractivity contribution in [2.24, 2.45) is 0 Å². The highest BCUT2D eigenvalue weighted by Crippen LogP contribution is 2.23. The standard InChI is InChI=1S/C15H17BrN6O/c1-11-8-12(16)2-3-13(11)18-15-19-14(9-17-20-15)22-6-4-21(10-23)5-7-22/h2-3,8-10H,4-7H2,1H3,(H,18,19,20). The van der Waals surface area contributed by atoms with Crippen LogP contribution in [0.15, 0.2) is 28.9 Å². The van der Waals surface area contributed by atoms with E-state index in [0.717, 1.165) is 41.0 Å². The van der Waals surface area contributed by atoms with Gasteiger partial charge in [-0.05, 0) is 30.7 Å². The molecule has 120 valence electrons. The third-order valence-electron chi connectivity index (χ3n) is 3.77. The van der Waals surface area contributed by atoms with Gasteiger partial charge < -0.3 is 15.1 Å². The summed E-state index contributed by atoms with van der Waals surface area (Å²) in [4.78, 5) is 19.2. The Morgan fingerprint density at radius 1 is 1.26 bits per heavy atom. The molecule has 1 aliphatic rings. The highest BCUT2D eigenvalue weighted by molar-refractivity contribution is 9.10. The summed E-state index contributed by atoms with van der Waals surface area (Å²) in [7, 11) is 0. The molecule has 1 aromatic carbocycles. The molecule has 1 fully saturated rings. The van der Waals surface area contributed by atoms with Gasteiger partial charge in [0.2, 0.25) is 12.4 Å². The Balaban J connectivity index is 1.74. The molecule has 0 saturated carbocycles. The fourth-order valence-corrected chi connectivity index (χ4v) is 2.92. The van der Waals surface area contributed by atoms with Crippen molar-refractivity contribution in [2.75, 3.05) is 36.4 Å². The normalized spacial score (nSPS) is 14.7. The zero-order valence-electron chi connectivity index (χ0n) is 12.7. The molecular weight excluding hydrogens is 360 g/mol. The number of nitrogens with one attached hydrogen (secondary N) is 1. The van der Waals surface area contributed by atoms with E-state index in [4.69, 9.17) is 0 Å². The van der Waals surface area contributed by atoms with Crippen LogP contribution in [0.5, 0.6) is 0 Å². The number of hydrogen-bond acceptors (Lipinski definition) is 6. The van der Waals surface area contributed by atoms with Crippen LogP contribution in [0.1, 0.15) is 5.56 Å². The Kier molecular flexibility index (Phi) is 4.71. The quantitative estimate of drug-likeness (QED) is 0.822. The SMILES string of the molecule is Cc1cc(Br)ccc1Nc1nncc(N2CCN(C=O)CC2)n1. The Labute approximate surface area is 142 Å². The van der Waals surface area contributed by atoms with Gasteiger partial charge in [0.05, 0.1) is 6.20 Å². The molecule has 7 nitrogen and oxygen atoms in total. The van der Waals surface area contributed by atoms with Crippen molar-refractivity contribution in [2.45, 2.75) is 6.92 Å². The molecule has 1 aliphatic heterocycles. The number of aromatic nitrogens is 3. The third kappa shape index (κ3) is 3.76. The second-order valence-corrected chi connectivity index (χ2v) is 6.27. The van der Waals surface area contributed by atoms with Crippen molar-refractivity contribution < 1.29 is 4.79 Å². The van der Waals surface area contributed by atoms with Gasteiger partial charge in [0.25, 0.3) is 0 Å². The lowest BCUT2D eigenvalue weighted by atomic mass is 10.2. The van der Waals surface area contributed by atoms with E-state index in [0.29, 0.717) is 19.0 Å². The molecule has 0 unspecified atom stereocenters. The number of piperazine rings is 1. The van der Waals surface area contributed by atoms with Crippen LogP contribution in [0.4, 0.5) is 17.5 Å². The van der Waals surface area contributed by atoms with Gasteiger partial charge >= 0.3 is 0 Å². The first-order valence-electron chi connectivity index (χ1n) is 7.33. The first kappa shape index (κ1) is 15.7. The Hall–Kier alpha value is -2.22. The molecule has 1 saturated heterocycles. The third-order valence-corrected chi connectivity index (χ3v) is 4.26. The molecule has 0 bridgehead atoms. The van der Waals surface area contributed by atoms with E-state index >= 15 is 0 Å². The minimum atomic E-state index is 0.464. The monoisotopic (exact) mass is 376 g/mol. The smallest absolute Gasteiger partial charge is 0.249 e. The molecule has 0 atom stereocenters. The summed E-state index contributed by atoms with van der Waals surface area (Å²) < 4.78 is 1.03. The molecule has 1 N–H and O–H groups in total. The number of carbonyl (C=O) groups excluding carboxylic acids is 1. The number of rotatable bonds is 4. The summed E-state index contributed by atoms with van der Waals surface area (Å²) in [5.74, 6) is 1.23. The van der Waals surface area contributed by atoms with Gasteiger partial charge in [-0.15, -0.1) is 5.10 Å². The minimum Gasteiger partial charge on any atom is -0.352 e. The zero-order valence-corrected chi connectivity index (χ0v) is 14.3. The van der Waals surface area contributed by atoms with E-state index in [9.17, 15) is 4.79 Å². The van der Waals surface area contributed by atoms with Crippen LogP contribution < -0.4 is 10.2 Å². The van der Waals surface area contributed by atoms with Gasteiger partial charge in [0.1, 0.15) is 0 Å². The van der Waals surface area contributed by atoms with E-state index in [1.807, 2.05) is 25.1 Å². The summed E-state index contributed by atoms with van der Waals surface area (Å²) in [6.45, 7) is 4.90. The lowest BCUT2D eigenvalue weighted by Gasteiger charge is -2.33. The number of benzene rings is 1. The second-order valence-electron chi connectivity index (χ2n) is 5.35. The zero-order chi connectivity index (χ0) is 16.2. The highest BCUT2D eigenvalue weighted by Gasteiger charge is 2.17. The van der Waals surface area contributed by atoms with Crippen molar-refractivity contribution in [3.05, 3.63) is 34.4 Å². The first-order valence-corrected chi connectivity index (χ1v) is 8.12. The first-order chi connectivity index (χ1) is 11.2. The number of nitrogens with zero attached hydrogens (tertiary/aromatic N) is 5. The van der Waals surface area contributed by atoms with Crippen molar-refractivity contribution in [1.82, 2.24) is 20.1 Å². The maximum absolute atomic E-state index is 10.8. The largest absolute Gasteiger partial charge is 0.352 e. The average Bonchev–Trinajstić information content (AvgIpc) is 2.58. The fraction of sp³-hybridized carbons (Fsp3) is 0.333. The molecule has 1 amide bonds. The summed E-state index contributed by atoms with van der Waals surface area (Å²) in [6, 6.07) is 5.96. The molecule has 2 heterocycles. The predicted octanol–water partition coefficient (Wildman–Crippen LogP) is 1.96. The van der Waals surface area contributed by atoms with Gasteiger partial charge in [0, 0.05) is 36.3 Å². The van der Waals surface area contributed by atoms with E-state index in [2.05, 4.69) is 41.3 Å². The Morgan fingerprint density at radius 2 is 2.04 bits per heavy atom. The summed E-state index contributed by atoms with van der Waals surface area (Å²) in [6.07, 6.45) is 2.54. The van der Waals surface area contributed by atoms with E-state index < -0.39 is 0 Å². The summed E-state index contributed by atoms with van der Waals surface area (Å²) in [5.41, 5.74) is 2.03. The van der Waals surface area contributed by atoms with Crippen LogP contribution in [0, 0.1) is 6.92 Å². The molecule has 0 radical (unpaired) electrons. The predicted molar refractivity (Wildman–Crippen MR) is 91.8 cm³/mol. The maximum atomic E-state index is 10.8. The fourth-order valence-electron chi connectivity index (χ4n) is 2.44. The summed E-state index contributed by atoms with van der Waals surface area (Å²) in [5, 5.41) is 11.3. The molecule has 8 heteroatoms. The van der Waals surface area contributed by atoms with E-state index in [-0.39, 0.29) is 0 Å². The van der Waals surface area contributed by atoms with Crippen LogP contribution in [-0.2, 0) is 4.79 Å². The molecule has 0 aliphatic carbocycles. The van der Waals surface area contributed by atoms with Gasteiger partial charge in [-0.2, -0.15) is 10.1 Å². The van der Waals surface area contributed by atoms with Crippen LogP contribution in [0.3, 0.4) is 0 Å². The Morgan fingerprint density at radius 3 is 2.74 bits per heavy atom. The second kappa shape index (κ2) is 6.91. The van der Waals surface area contributed by atoms with Crippen LogP contribution in [0.25, 0.3) is 0 Å². The average molecular weight is 377 g/mol. The van der Waals surface area contributed by atoms with Crippen LogP contribution >= 0.6 is 15.9 Å². The molecule has 3 rings (SSSR count). The number of anilines is 3. The molecule has 23 heavy (non-hydrogen) atoms. The Bertz CT molecular complexity index is 702. The number of amides is 1. The highest BCUT2D eigenvalue weighted by atomic mass is 79.9. The van der Waals surface area contributed by atoms with Gasteiger partial charge in [-0.1, -0.05) is 15.9 Å². The topological polar surface area (TPSA) is 74.2 Å².